The molecule has 1 aliphatic heterocycles. The van der Waals surface area contributed by atoms with Crippen molar-refractivity contribution in [3.8, 4) is 0 Å². The molecule has 0 aromatic carbocycles. The highest BCUT2D eigenvalue weighted by molar-refractivity contribution is 7.11. The summed E-state index contributed by atoms with van der Waals surface area (Å²) in [6.45, 7) is 9.14. The Hall–Kier alpha value is -0.450. The number of nitrogens with zero attached hydrogens (tertiary/aromatic N) is 2. The van der Waals surface area contributed by atoms with E-state index in [1.54, 1.807) is 0 Å². The molecule has 1 saturated heterocycles. The van der Waals surface area contributed by atoms with Gasteiger partial charge in [0.1, 0.15) is 5.01 Å². The molecule has 0 spiro atoms. The number of thiazole rings is 1. The Morgan fingerprint density at radius 2 is 1.90 bits per heavy atom. The summed E-state index contributed by atoms with van der Waals surface area (Å²) in [5.74, 6) is 0.536. The zero-order valence-corrected chi connectivity index (χ0v) is 14.3. The fourth-order valence-electron chi connectivity index (χ4n) is 3.56. The van der Waals surface area contributed by atoms with E-state index in [-0.39, 0.29) is 0 Å². The van der Waals surface area contributed by atoms with E-state index in [9.17, 15) is 0 Å². The van der Waals surface area contributed by atoms with Gasteiger partial charge in [0.05, 0.1) is 12.2 Å². The number of likely N-dealkylation sites (tertiary alicyclic amines) is 1. The van der Waals surface area contributed by atoms with Gasteiger partial charge in [-0.15, -0.1) is 11.3 Å². The van der Waals surface area contributed by atoms with Gasteiger partial charge < -0.3 is 5.32 Å². The molecule has 2 fully saturated rings. The number of rotatable bonds is 6. The van der Waals surface area contributed by atoms with Gasteiger partial charge in [0.25, 0.3) is 0 Å². The Morgan fingerprint density at radius 3 is 2.57 bits per heavy atom. The molecule has 1 N–H and O–H groups in total. The molecule has 2 heterocycles. The molecule has 1 saturated carbocycles. The van der Waals surface area contributed by atoms with Crippen molar-refractivity contribution in [2.45, 2.75) is 77.4 Å². The predicted octanol–water partition coefficient (Wildman–Crippen LogP) is 3.89. The van der Waals surface area contributed by atoms with Crippen LogP contribution in [0.2, 0.25) is 0 Å². The second-order valence-electron chi connectivity index (χ2n) is 6.92. The van der Waals surface area contributed by atoms with Gasteiger partial charge in [-0.3, -0.25) is 4.90 Å². The molecule has 0 bridgehead atoms. The first-order valence-corrected chi connectivity index (χ1v) is 9.48. The van der Waals surface area contributed by atoms with Crippen LogP contribution >= 0.6 is 11.3 Å². The van der Waals surface area contributed by atoms with E-state index in [4.69, 9.17) is 4.98 Å². The Labute approximate surface area is 133 Å². The fourth-order valence-corrected chi connectivity index (χ4v) is 4.78. The van der Waals surface area contributed by atoms with Gasteiger partial charge in [-0.2, -0.15) is 0 Å². The summed E-state index contributed by atoms with van der Waals surface area (Å²) in [6, 6.07) is 0.745. The lowest BCUT2D eigenvalue weighted by Crippen LogP contribution is -2.25. The van der Waals surface area contributed by atoms with E-state index >= 15 is 0 Å². The molecular formula is C17H29N3S. The van der Waals surface area contributed by atoms with Crippen LogP contribution in [0.3, 0.4) is 0 Å². The van der Waals surface area contributed by atoms with Crippen molar-refractivity contribution >= 4 is 11.3 Å². The summed E-state index contributed by atoms with van der Waals surface area (Å²) in [6.07, 6.45) is 8.24. The van der Waals surface area contributed by atoms with Crippen LogP contribution in [-0.2, 0) is 13.1 Å². The number of aromatic nitrogens is 1. The smallest absolute Gasteiger partial charge is 0.107 e. The largest absolute Gasteiger partial charge is 0.309 e. The van der Waals surface area contributed by atoms with Crippen molar-refractivity contribution in [2.75, 3.05) is 13.1 Å². The summed E-state index contributed by atoms with van der Waals surface area (Å²) in [7, 11) is 0. The van der Waals surface area contributed by atoms with Gasteiger partial charge in [0.2, 0.25) is 0 Å². The lowest BCUT2D eigenvalue weighted by Gasteiger charge is -2.12. The minimum atomic E-state index is 0.536. The average Bonchev–Trinajstić information content (AvgIpc) is 3.18. The Balaban J connectivity index is 1.63. The third kappa shape index (κ3) is 4.05. The first kappa shape index (κ1) is 15.4. The summed E-state index contributed by atoms with van der Waals surface area (Å²) in [5, 5.41) is 5.08. The van der Waals surface area contributed by atoms with Crippen molar-refractivity contribution in [2.24, 2.45) is 0 Å². The highest BCUT2D eigenvalue weighted by atomic mass is 32.1. The van der Waals surface area contributed by atoms with Crippen molar-refractivity contribution in [1.29, 1.82) is 0 Å². The molecule has 3 nitrogen and oxygen atoms in total. The average molecular weight is 308 g/mol. The van der Waals surface area contributed by atoms with Gasteiger partial charge in [-0.25, -0.2) is 4.98 Å². The van der Waals surface area contributed by atoms with Crippen molar-refractivity contribution < 1.29 is 0 Å². The standard InChI is InChI=1S/C17H29N3S/c1-13(2)17-15(11-18-14-7-3-4-8-14)21-16(19-17)12-20-9-5-6-10-20/h13-14,18H,3-12H2,1-2H3. The molecule has 118 valence electrons. The van der Waals surface area contributed by atoms with Crippen molar-refractivity contribution in [1.82, 2.24) is 15.2 Å². The molecule has 0 amide bonds. The highest BCUT2D eigenvalue weighted by Gasteiger charge is 2.20. The van der Waals surface area contributed by atoms with Crippen LogP contribution in [0.4, 0.5) is 0 Å². The van der Waals surface area contributed by atoms with Crippen LogP contribution in [0.25, 0.3) is 0 Å². The fraction of sp³-hybridized carbons (Fsp3) is 0.824. The zero-order chi connectivity index (χ0) is 14.7. The molecule has 1 aliphatic carbocycles. The first-order valence-electron chi connectivity index (χ1n) is 8.66. The van der Waals surface area contributed by atoms with Crippen molar-refractivity contribution in [3.63, 3.8) is 0 Å². The number of nitrogens with one attached hydrogen (secondary N) is 1. The van der Waals surface area contributed by atoms with Crippen LogP contribution < -0.4 is 5.32 Å². The number of hydrogen-bond donors (Lipinski definition) is 1. The van der Waals surface area contributed by atoms with Crippen LogP contribution in [0.15, 0.2) is 0 Å². The van der Waals surface area contributed by atoms with Crippen molar-refractivity contribution in [3.05, 3.63) is 15.6 Å². The van der Waals surface area contributed by atoms with Gasteiger partial charge in [0.15, 0.2) is 0 Å². The second kappa shape index (κ2) is 7.21. The van der Waals surface area contributed by atoms with Gasteiger partial charge in [-0.05, 0) is 44.7 Å². The van der Waals surface area contributed by atoms with Crippen LogP contribution in [0.1, 0.15) is 73.9 Å². The molecule has 4 heteroatoms. The maximum absolute atomic E-state index is 4.96. The summed E-state index contributed by atoms with van der Waals surface area (Å²) >= 11 is 1.94. The molecule has 0 unspecified atom stereocenters. The number of hydrogen-bond acceptors (Lipinski definition) is 4. The Kier molecular flexibility index (Phi) is 5.30. The normalized spacial score (nSPS) is 20.9. The highest BCUT2D eigenvalue weighted by Crippen LogP contribution is 2.27. The van der Waals surface area contributed by atoms with Gasteiger partial charge in [-0.1, -0.05) is 26.7 Å². The second-order valence-corrected chi connectivity index (χ2v) is 8.08. The summed E-state index contributed by atoms with van der Waals surface area (Å²) in [5.41, 5.74) is 1.33. The van der Waals surface area contributed by atoms with E-state index in [1.807, 2.05) is 11.3 Å². The molecule has 1 aromatic heterocycles. The monoisotopic (exact) mass is 307 g/mol. The maximum atomic E-state index is 4.96. The molecular weight excluding hydrogens is 278 g/mol. The van der Waals surface area contributed by atoms with Crippen LogP contribution in [0.5, 0.6) is 0 Å². The van der Waals surface area contributed by atoms with E-state index in [0.29, 0.717) is 5.92 Å². The SMILES string of the molecule is CC(C)c1nc(CN2CCCC2)sc1CNC1CCCC1. The Morgan fingerprint density at radius 1 is 1.19 bits per heavy atom. The van der Waals surface area contributed by atoms with Gasteiger partial charge in [0, 0.05) is 17.5 Å². The summed E-state index contributed by atoms with van der Waals surface area (Å²) < 4.78 is 0. The van der Waals surface area contributed by atoms with Crippen LogP contribution in [0, 0.1) is 0 Å². The molecule has 21 heavy (non-hydrogen) atoms. The lowest BCUT2D eigenvalue weighted by atomic mass is 10.1. The minimum Gasteiger partial charge on any atom is -0.309 e. The van der Waals surface area contributed by atoms with Crippen LogP contribution in [-0.4, -0.2) is 29.0 Å². The summed E-state index contributed by atoms with van der Waals surface area (Å²) in [4.78, 5) is 8.99. The van der Waals surface area contributed by atoms with E-state index in [1.165, 1.54) is 67.2 Å². The van der Waals surface area contributed by atoms with E-state index < -0.39 is 0 Å². The lowest BCUT2D eigenvalue weighted by molar-refractivity contribution is 0.330. The Bertz CT molecular complexity index is 443. The molecule has 0 radical (unpaired) electrons. The zero-order valence-electron chi connectivity index (χ0n) is 13.5. The predicted molar refractivity (Wildman–Crippen MR) is 89.8 cm³/mol. The molecule has 1 aromatic rings. The van der Waals surface area contributed by atoms with Gasteiger partial charge >= 0.3 is 0 Å². The molecule has 2 aliphatic rings. The van der Waals surface area contributed by atoms with E-state index in [2.05, 4.69) is 24.1 Å². The topological polar surface area (TPSA) is 28.2 Å². The third-order valence-corrected chi connectivity index (χ3v) is 5.84. The minimum absolute atomic E-state index is 0.536. The third-order valence-electron chi connectivity index (χ3n) is 4.78. The molecule has 0 atom stereocenters. The first-order chi connectivity index (χ1) is 10.2. The molecule has 3 rings (SSSR count). The van der Waals surface area contributed by atoms with E-state index in [0.717, 1.165) is 19.1 Å². The quantitative estimate of drug-likeness (QED) is 0.864. The maximum Gasteiger partial charge on any atom is 0.107 e.